The van der Waals surface area contributed by atoms with E-state index in [1.165, 1.54) is 25.1 Å². The lowest BCUT2D eigenvalue weighted by molar-refractivity contribution is -0.143. The Hall–Kier alpha value is -1.12. The summed E-state index contributed by atoms with van der Waals surface area (Å²) in [6.45, 7) is 2.29. The van der Waals surface area contributed by atoms with Crippen LogP contribution in [0.15, 0.2) is 34.2 Å². The van der Waals surface area contributed by atoms with Gasteiger partial charge in [-0.25, -0.2) is 17.7 Å². The predicted octanol–water partition coefficient (Wildman–Crippen LogP) is 2.25. The van der Waals surface area contributed by atoms with Crippen molar-refractivity contribution < 1.29 is 21.6 Å². The Morgan fingerprint density at radius 3 is 2.57 bits per heavy atom. The van der Waals surface area contributed by atoms with E-state index in [-0.39, 0.29) is 48.0 Å². The summed E-state index contributed by atoms with van der Waals surface area (Å²) in [5.74, 6) is 0.448. The molecule has 172 valence electrons. The molecule has 12 heteroatoms. The molecule has 0 spiro atoms. The number of likely N-dealkylation sites (tertiary alicyclic amines) is 1. The number of nitrogens with zero attached hydrogens (tertiary/aromatic N) is 3. The summed E-state index contributed by atoms with van der Waals surface area (Å²) in [5, 5.41) is 6.22. The fourth-order valence-corrected chi connectivity index (χ4v) is 4.22. The van der Waals surface area contributed by atoms with E-state index in [4.69, 9.17) is 0 Å². The average Bonchev–Trinajstić information content (AvgIpc) is 3.05. The second-order valence-corrected chi connectivity index (χ2v) is 9.19. The van der Waals surface area contributed by atoms with Crippen molar-refractivity contribution >= 4 is 40.0 Å². The first kappa shape index (κ1) is 26.9. The number of guanidine groups is 1. The van der Waals surface area contributed by atoms with E-state index in [2.05, 4.69) is 15.6 Å². The van der Waals surface area contributed by atoms with Crippen molar-refractivity contribution in [3.05, 3.63) is 29.8 Å². The minimum atomic E-state index is -4.21. The summed E-state index contributed by atoms with van der Waals surface area (Å²) in [5.41, 5.74) is 0.545. The van der Waals surface area contributed by atoms with Crippen LogP contribution < -0.4 is 10.6 Å². The van der Waals surface area contributed by atoms with E-state index in [0.29, 0.717) is 31.0 Å². The monoisotopic (exact) mass is 563 g/mol. The first-order valence-electron chi connectivity index (χ1n) is 9.37. The molecule has 0 bridgehead atoms. The zero-order valence-corrected chi connectivity index (χ0v) is 20.4. The highest BCUT2D eigenvalue weighted by molar-refractivity contribution is 14.0. The van der Waals surface area contributed by atoms with Crippen LogP contribution in [0.5, 0.6) is 0 Å². The molecule has 2 N–H and O–H groups in total. The molecule has 30 heavy (non-hydrogen) atoms. The number of halogens is 4. The van der Waals surface area contributed by atoms with Gasteiger partial charge in [0.15, 0.2) is 5.96 Å². The molecule has 1 fully saturated rings. The van der Waals surface area contributed by atoms with Crippen LogP contribution in [-0.2, 0) is 16.6 Å². The van der Waals surface area contributed by atoms with E-state index in [1.807, 2.05) is 6.92 Å². The van der Waals surface area contributed by atoms with Crippen molar-refractivity contribution in [2.45, 2.75) is 37.0 Å². The van der Waals surface area contributed by atoms with Gasteiger partial charge in [0, 0.05) is 39.8 Å². The number of rotatable bonds is 7. The van der Waals surface area contributed by atoms with Gasteiger partial charge in [-0.3, -0.25) is 4.90 Å². The third-order valence-corrected chi connectivity index (χ3v) is 6.41. The summed E-state index contributed by atoms with van der Waals surface area (Å²) in [4.78, 5) is 5.99. The van der Waals surface area contributed by atoms with Gasteiger partial charge in [-0.05, 0) is 25.0 Å². The molecule has 0 saturated carbocycles. The van der Waals surface area contributed by atoms with Gasteiger partial charge < -0.3 is 10.6 Å². The Bertz CT molecular complexity index is 818. The SMILES string of the molecule is CCNC(=NCc1ccccc1S(=O)(=O)N(C)C)NC1CCN(CC(F)(F)F)C1.I. The fourth-order valence-electron chi connectivity index (χ4n) is 3.11. The Morgan fingerprint density at radius 2 is 1.97 bits per heavy atom. The van der Waals surface area contributed by atoms with Crippen LogP contribution in [0.3, 0.4) is 0 Å². The standard InChI is InChI=1S/C18H28F3N5O2S.HI/c1-4-22-17(24-15-9-10-26(12-15)13-18(19,20)21)23-11-14-7-5-6-8-16(14)29(27,28)25(2)3;/h5-8,15H,4,9-13H2,1-3H3,(H2,22,23,24);1H. The zero-order chi connectivity index (χ0) is 21.7. The molecule has 1 heterocycles. The molecule has 0 amide bonds. The molecule has 1 unspecified atom stereocenters. The number of benzene rings is 1. The van der Waals surface area contributed by atoms with Crippen molar-refractivity contribution in [1.82, 2.24) is 19.8 Å². The quantitative estimate of drug-likeness (QED) is 0.303. The van der Waals surface area contributed by atoms with E-state index >= 15 is 0 Å². The topological polar surface area (TPSA) is 77.0 Å². The van der Waals surface area contributed by atoms with Crippen LogP contribution in [-0.4, -0.2) is 76.1 Å². The summed E-state index contributed by atoms with van der Waals surface area (Å²) in [6, 6.07) is 6.47. The number of hydrogen-bond acceptors (Lipinski definition) is 4. The molecule has 1 atom stereocenters. The molecule has 7 nitrogen and oxygen atoms in total. The Kier molecular flexibility index (Phi) is 10.3. The summed E-state index contributed by atoms with van der Waals surface area (Å²) >= 11 is 0. The zero-order valence-electron chi connectivity index (χ0n) is 17.2. The molecular formula is C18H29F3IN5O2S. The van der Waals surface area contributed by atoms with E-state index in [9.17, 15) is 21.6 Å². The molecule has 1 saturated heterocycles. The minimum absolute atomic E-state index is 0. The molecule has 1 aliphatic heterocycles. The van der Waals surface area contributed by atoms with Crippen LogP contribution in [0, 0.1) is 0 Å². The highest BCUT2D eigenvalue weighted by Crippen LogP contribution is 2.21. The maximum atomic E-state index is 12.6. The predicted molar refractivity (Wildman–Crippen MR) is 122 cm³/mol. The molecule has 2 rings (SSSR count). The van der Waals surface area contributed by atoms with Crippen molar-refractivity contribution in [1.29, 1.82) is 0 Å². The van der Waals surface area contributed by atoms with Gasteiger partial charge >= 0.3 is 6.18 Å². The first-order chi connectivity index (χ1) is 13.5. The molecule has 1 aromatic rings. The normalized spacial score (nSPS) is 18.4. The Labute approximate surface area is 193 Å². The molecule has 0 radical (unpaired) electrons. The Morgan fingerprint density at radius 1 is 1.30 bits per heavy atom. The minimum Gasteiger partial charge on any atom is -0.357 e. The smallest absolute Gasteiger partial charge is 0.357 e. The van der Waals surface area contributed by atoms with Gasteiger partial charge in [0.2, 0.25) is 10.0 Å². The summed E-state index contributed by atoms with van der Waals surface area (Å²) in [7, 11) is -0.673. The third-order valence-electron chi connectivity index (χ3n) is 4.50. The highest BCUT2D eigenvalue weighted by Gasteiger charge is 2.34. The number of alkyl halides is 3. The number of sulfonamides is 1. The Balaban J connectivity index is 0.00000450. The van der Waals surface area contributed by atoms with Gasteiger partial charge in [0.05, 0.1) is 18.0 Å². The summed E-state index contributed by atoms with van der Waals surface area (Å²) < 4.78 is 63.8. The molecular weight excluding hydrogens is 534 g/mol. The lowest BCUT2D eigenvalue weighted by Gasteiger charge is -2.20. The maximum Gasteiger partial charge on any atom is 0.401 e. The molecule has 0 aromatic heterocycles. The van der Waals surface area contributed by atoms with Crippen LogP contribution in [0.25, 0.3) is 0 Å². The van der Waals surface area contributed by atoms with Gasteiger partial charge in [0.25, 0.3) is 0 Å². The van der Waals surface area contributed by atoms with Crippen LogP contribution in [0.1, 0.15) is 18.9 Å². The van der Waals surface area contributed by atoms with Crippen LogP contribution >= 0.6 is 24.0 Å². The van der Waals surface area contributed by atoms with Crippen LogP contribution in [0.4, 0.5) is 13.2 Å². The van der Waals surface area contributed by atoms with E-state index < -0.39 is 22.7 Å². The third kappa shape index (κ3) is 7.85. The lowest BCUT2D eigenvalue weighted by atomic mass is 10.2. The second-order valence-electron chi connectivity index (χ2n) is 7.07. The van der Waals surface area contributed by atoms with Crippen LogP contribution in [0.2, 0.25) is 0 Å². The van der Waals surface area contributed by atoms with Gasteiger partial charge in [-0.2, -0.15) is 13.2 Å². The van der Waals surface area contributed by atoms with Gasteiger partial charge in [-0.1, -0.05) is 18.2 Å². The van der Waals surface area contributed by atoms with E-state index in [0.717, 1.165) is 4.31 Å². The highest BCUT2D eigenvalue weighted by atomic mass is 127. The molecule has 1 aromatic carbocycles. The van der Waals surface area contributed by atoms with Crippen molar-refractivity contribution in [3.8, 4) is 0 Å². The average molecular weight is 563 g/mol. The van der Waals surface area contributed by atoms with Crippen molar-refractivity contribution in [2.24, 2.45) is 4.99 Å². The number of aliphatic imine (C=N–C) groups is 1. The summed E-state index contributed by atoms with van der Waals surface area (Å²) in [6.07, 6.45) is -3.64. The van der Waals surface area contributed by atoms with Crippen molar-refractivity contribution in [3.63, 3.8) is 0 Å². The number of nitrogens with one attached hydrogen (secondary N) is 2. The van der Waals surface area contributed by atoms with Crippen molar-refractivity contribution in [2.75, 3.05) is 40.3 Å². The fraction of sp³-hybridized carbons (Fsp3) is 0.611. The molecule has 1 aliphatic rings. The van der Waals surface area contributed by atoms with Gasteiger partial charge in [-0.15, -0.1) is 24.0 Å². The van der Waals surface area contributed by atoms with Gasteiger partial charge in [0.1, 0.15) is 0 Å². The molecule has 0 aliphatic carbocycles. The first-order valence-corrected chi connectivity index (χ1v) is 10.8. The maximum absolute atomic E-state index is 12.6. The largest absolute Gasteiger partial charge is 0.401 e. The lowest BCUT2D eigenvalue weighted by Crippen LogP contribution is -2.45. The van der Waals surface area contributed by atoms with E-state index in [1.54, 1.807) is 18.2 Å². The second kappa shape index (κ2) is 11.5. The number of hydrogen-bond donors (Lipinski definition) is 2.